The van der Waals surface area contributed by atoms with E-state index in [1.54, 1.807) is 12.1 Å². The Morgan fingerprint density at radius 1 is 0.590 bits per heavy atom. The molecular weight excluding hydrogens is 743 g/mol. The van der Waals surface area contributed by atoms with Gasteiger partial charge in [0.05, 0.1) is 28.0 Å². The van der Waals surface area contributed by atoms with E-state index in [1.165, 1.54) is 16.7 Å². The highest BCUT2D eigenvalue weighted by atomic mass is 16.3. The number of fused-ring (bicyclic) bond motifs is 1. The Labute approximate surface area is 364 Å². The van der Waals surface area contributed by atoms with Crippen LogP contribution in [0.1, 0.15) is 66.9 Å². The highest BCUT2D eigenvalue weighted by Crippen LogP contribution is 2.41. The molecule has 0 aliphatic carbocycles. The van der Waals surface area contributed by atoms with Crippen LogP contribution in [0.15, 0.2) is 170 Å². The second-order valence-electron chi connectivity index (χ2n) is 17.4. The lowest BCUT2D eigenvalue weighted by Gasteiger charge is -2.23. The van der Waals surface area contributed by atoms with E-state index in [0.717, 1.165) is 55.8 Å². The summed E-state index contributed by atoms with van der Waals surface area (Å²) in [6, 6.07) is 54.9. The van der Waals surface area contributed by atoms with Gasteiger partial charge < -0.3 is 5.11 Å². The number of para-hydroxylation sites is 2. The van der Waals surface area contributed by atoms with Gasteiger partial charge in [0.25, 0.3) is 0 Å². The summed E-state index contributed by atoms with van der Waals surface area (Å²) in [6.07, 6.45) is 1.86. The van der Waals surface area contributed by atoms with Gasteiger partial charge in [0.2, 0.25) is 0 Å². The van der Waals surface area contributed by atoms with Gasteiger partial charge in [-0.05, 0) is 141 Å². The zero-order chi connectivity index (χ0) is 44.9. The van der Waals surface area contributed by atoms with Crippen LogP contribution in [0.25, 0.3) is 83.9 Å². The van der Waals surface area contributed by atoms with Crippen molar-refractivity contribution in [3.63, 3.8) is 0 Å². The third kappa shape index (κ3) is 7.78. The Morgan fingerprint density at radius 2 is 1.26 bits per heavy atom. The molecule has 0 atom stereocenters. The van der Waals surface area contributed by atoms with Crippen LogP contribution in [0, 0.1) is 13.8 Å². The van der Waals surface area contributed by atoms with Gasteiger partial charge in [-0.25, -0.2) is 4.98 Å². The summed E-state index contributed by atoms with van der Waals surface area (Å²) in [7, 11) is 0. The van der Waals surface area contributed by atoms with E-state index >= 15 is 0 Å². The van der Waals surface area contributed by atoms with Crippen molar-refractivity contribution in [2.24, 2.45) is 0 Å². The third-order valence-corrected chi connectivity index (χ3v) is 11.7. The molecule has 4 heteroatoms. The molecule has 4 nitrogen and oxygen atoms in total. The van der Waals surface area contributed by atoms with Crippen LogP contribution in [-0.2, 0) is 5.41 Å². The van der Waals surface area contributed by atoms with Crippen molar-refractivity contribution < 1.29 is 9.22 Å². The number of pyridine rings is 1. The van der Waals surface area contributed by atoms with E-state index in [-0.39, 0.29) is 16.7 Å². The first kappa shape index (κ1) is 35.9. The SMILES string of the molecule is [2H]C([2H])([2H])c1cc(-c2cc(C(C)C)cc(C(C)(C)C)c2)ccc1-n1c(-c2ccccc2O)nc2c(-c3cc(-c4ccccc4)cc(-c4cc(-c5ccc(C)cc5)ccn4)c3)cccc21. The van der Waals surface area contributed by atoms with E-state index in [2.05, 4.69) is 126 Å². The molecule has 2 heterocycles. The second-order valence-corrected chi connectivity index (χ2v) is 17.4. The number of imidazole rings is 1. The van der Waals surface area contributed by atoms with Gasteiger partial charge >= 0.3 is 0 Å². The summed E-state index contributed by atoms with van der Waals surface area (Å²) in [5.41, 5.74) is 15.6. The van der Waals surface area contributed by atoms with Crippen LogP contribution in [0.2, 0.25) is 0 Å². The zero-order valence-corrected chi connectivity index (χ0v) is 35.5. The number of hydrogen-bond donors (Lipinski definition) is 1. The molecule has 1 N–H and O–H groups in total. The third-order valence-electron chi connectivity index (χ3n) is 11.7. The molecule has 0 amide bonds. The van der Waals surface area contributed by atoms with E-state index in [0.29, 0.717) is 34.0 Å². The van der Waals surface area contributed by atoms with E-state index < -0.39 is 6.85 Å². The van der Waals surface area contributed by atoms with Crippen LogP contribution in [-0.4, -0.2) is 19.6 Å². The van der Waals surface area contributed by atoms with Crippen molar-refractivity contribution in [1.82, 2.24) is 14.5 Å². The van der Waals surface area contributed by atoms with Crippen LogP contribution in [0.5, 0.6) is 5.75 Å². The number of rotatable bonds is 8. The fourth-order valence-corrected chi connectivity index (χ4v) is 8.16. The van der Waals surface area contributed by atoms with Crippen molar-refractivity contribution >= 4 is 11.0 Å². The Hall–Kier alpha value is -7.04. The van der Waals surface area contributed by atoms with Crippen molar-refractivity contribution in [2.75, 3.05) is 0 Å². The summed E-state index contributed by atoms with van der Waals surface area (Å²) >= 11 is 0. The first-order chi connectivity index (χ1) is 30.6. The summed E-state index contributed by atoms with van der Waals surface area (Å²) in [6.45, 7) is 10.6. The maximum atomic E-state index is 11.4. The van der Waals surface area contributed by atoms with Gasteiger partial charge in [-0.3, -0.25) is 9.55 Å². The summed E-state index contributed by atoms with van der Waals surface area (Å²) in [5.74, 6) is 0.767. The smallest absolute Gasteiger partial charge is 0.149 e. The molecule has 0 bridgehead atoms. The molecule has 0 radical (unpaired) electrons. The number of phenolic OH excluding ortho intramolecular Hbond substituents is 1. The van der Waals surface area contributed by atoms with Crippen molar-refractivity contribution in [2.45, 2.75) is 59.7 Å². The number of benzene rings is 7. The average Bonchev–Trinajstić information content (AvgIpc) is 3.68. The van der Waals surface area contributed by atoms with Crippen LogP contribution >= 0.6 is 0 Å². The second kappa shape index (κ2) is 15.9. The molecule has 2 aromatic heterocycles. The zero-order valence-electron chi connectivity index (χ0n) is 38.5. The lowest BCUT2D eigenvalue weighted by Crippen LogP contribution is -2.12. The van der Waals surface area contributed by atoms with Gasteiger partial charge in [-0.1, -0.05) is 143 Å². The topological polar surface area (TPSA) is 50.9 Å². The van der Waals surface area contributed by atoms with Gasteiger partial charge in [-0.2, -0.15) is 0 Å². The van der Waals surface area contributed by atoms with Gasteiger partial charge in [0, 0.05) is 21.4 Å². The average molecular weight is 797 g/mol. The Morgan fingerprint density at radius 3 is 2.02 bits per heavy atom. The maximum absolute atomic E-state index is 11.4. The fourth-order valence-electron chi connectivity index (χ4n) is 8.16. The lowest BCUT2D eigenvalue weighted by atomic mass is 9.82. The molecule has 0 saturated carbocycles. The molecule has 61 heavy (non-hydrogen) atoms. The summed E-state index contributed by atoms with van der Waals surface area (Å²) in [5, 5.41) is 11.4. The number of nitrogens with zero attached hydrogens (tertiary/aromatic N) is 3. The van der Waals surface area contributed by atoms with Crippen LogP contribution < -0.4 is 0 Å². The normalized spacial score (nSPS) is 12.7. The van der Waals surface area contributed by atoms with E-state index in [4.69, 9.17) is 14.1 Å². The minimum Gasteiger partial charge on any atom is -0.507 e. The predicted octanol–water partition coefficient (Wildman–Crippen LogP) is 15.2. The number of aromatic hydroxyl groups is 1. The molecule has 0 unspecified atom stereocenters. The Kier molecular flexibility index (Phi) is 9.32. The lowest BCUT2D eigenvalue weighted by molar-refractivity contribution is 0.477. The number of aryl methyl sites for hydroxylation is 2. The molecule has 0 saturated heterocycles. The van der Waals surface area contributed by atoms with E-state index in [9.17, 15) is 5.11 Å². The molecule has 0 spiro atoms. The maximum Gasteiger partial charge on any atom is 0.149 e. The molecule has 9 rings (SSSR count). The molecule has 300 valence electrons. The first-order valence-corrected chi connectivity index (χ1v) is 21.0. The van der Waals surface area contributed by atoms with Crippen LogP contribution in [0.3, 0.4) is 0 Å². The largest absolute Gasteiger partial charge is 0.507 e. The standard InChI is InChI=1S/C57H51N3O/c1-36(2)43-29-45(34-48(33-43)57(5,6)7)41-24-25-52(38(4)28-41)60-53-18-13-17-49(55(53)59-56(60)50-16-11-12-19-54(50)61)46-30-44(39-14-9-8-10-15-39)31-47(32-46)51-35-42(26-27-58-51)40-22-20-37(3)21-23-40/h8-36,61H,1-7H3/i4D3. The van der Waals surface area contributed by atoms with Crippen molar-refractivity contribution in [3.8, 4) is 78.6 Å². The quantitative estimate of drug-likeness (QED) is 0.167. The fraction of sp³-hybridized carbons (Fsp3) is 0.158. The monoisotopic (exact) mass is 796 g/mol. The summed E-state index contributed by atoms with van der Waals surface area (Å²) < 4.78 is 28.8. The van der Waals surface area contributed by atoms with Crippen LogP contribution in [0.4, 0.5) is 0 Å². The molecule has 9 aromatic rings. The molecular formula is C57H51N3O. The highest BCUT2D eigenvalue weighted by Gasteiger charge is 2.22. The minimum atomic E-state index is -2.49. The molecule has 0 fully saturated rings. The number of hydrogen-bond acceptors (Lipinski definition) is 3. The van der Waals surface area contributed by atoms with Gasteiger partial charge in [-0.15, -0.1) is 0 Å². The number of phenols is 1. The molecule has 0 aliphatic heterocycles. The van der Waals surface area contributed by atoms with Crippen molar-refractivity contribution in [1.29, 1.82) is 0 Å². The highest BCUT2D eigenvalue weighted by molar-refractivity contribution is 5.98. The Bertz CT molecular complexity index is 3180. The minimum absolute atomic E-state index is 0.0424. The van der Waals surface area contributed by atoms with Crippen molar-refractivity contribution in [3.05, 3.63) is 192 Å². The Balaban J connectivity index is 1.28. The van der Waals surface area contributed by atoms with Gasteiger partial charge in [0.1, 0.15) is 11.6 Å². The van der Waals surface area contributed by atoms with Gasteiger partial charge in [0.15, 0.2) is 0 Å². The predicted molar refractivity (Wildman–Crippen MR) is 255 cm³/mol. The number of aromatic nitrogens is 3. The first-order valence-electron chi connectivity index (χ1n) is 22.5. The molecule has 7 aromatic carbocycles. The van der Waals surface area contributed by atoms with E-state index in [1.807, 2.05) is 77.5 Å². The summed E-state index contributed by atoms with van der Waals surface area (Å²) in [4.78, 5) is 10.2. The molecule has 0 aliphatic rings.